The molecule has 0 aromatic heterocycles. The van der Waals surface area contributed by atoms with Gasteiger partial charge in [-0.25, -0.2) is 0 Å². The molecule has 0 heterocycles. The monoisotopic (exact) mass is 405 g/mol. The smallest absolute Gasteiger partial charge is 0.220 e. The second-order valence-electron chi connectivity index (χ2n) is 8.14. The van der Waals surface area contributed by atoms with Gasteiger partial charge >= 0.3 is 0 Å². The standard InChI is InChI=1S/C25H43NOS/c1-2-3-4-5-6-7-8-9-10-11-12-13-17-20-25(27)26-22-24(28)21-23-18-15-14-16-19-23/h14-16,18-19,24,28H,2-13,17,20-22H2,1H3,(H,26,27). The van der Waals surface area contributed by atoms with Gasteiger partial charge in [-0.1, -0.05) is 114 Å². The molecule has 1 atom stereocenters. The molecule has 2 nitrogen and oxygen atoms in total. The Morgan fingerprint density at radius 3 is 1.86 bits per heavy atom. The van der Waals surface area contributed by atoms with E-state index >= 15 is 0 Å². The van der Waals surface area contributed by atoms with Crippen LogP contribution < -0.4 is 5.32 Å². The number of benzene rings is 1. The van der Waals surface area contributed by atoms with Gasteiger partial charge in [0.1, 0.15) is 0 Å². The Balaban J connectivity index is 1.85. The average molecular weight is 406 g/mol. The van der Waals surface area contributed by atoms with Crippen LogP contribution >= 0.6 is 12.6 Å². The number of carbonyl (C=O) groups excluding carboxylic acids is 1. The fourth-order valence-corrected chi connectivity index (χ4v) is 3.88. The normalized spacial score (nSPS) is 12.1. The molecule has 3 heteroatoms. The minimum absolute atomic E-state index is 0.176. The van der Waals surface area contributed by atoms with Crippen LogP contribution in [0.25, 0.3) is 0 Å². The van der Waals surface area contributed by atoms with Crippen LogP contribution in [0.3, 0.4) is 0 Å². The Bertz CT molecular complexity index is 477. The maximum atomic E-state index is 12.0. The van der Waals surface area contributed by atoms with Crippen LogP contribution in [0.4, 0.5) is 0 Å². The van der Waals surface area contributed by atoms with E-state index in [9.17, 15) is 4.79 Å². The summed E-state index contributed by atoms with van der Waals surface area (Å²) in [4.78, 5) is 12.0. The first-order valence-electron chi connectivity index (χ1n) is 11.7. The van der Waals surface area contributed by atoms with Crippen LogP contribution in [0.15, 0.2) is 30.3 Å². The fourth-order valence-electron chi connectivity index (χ4n) is 3.58. The molecule has 1 unspecified atom stereocenters. The second-order valence-corrected chi connectivity index (χ2v) is 8.87. The maximum absolute atomic E-state index is 12.0. The molecule has 0 aliphatic heterocycles. The molecular formula is C25H43NOS. The van der Waals surface area contributed by atoms with E-state index in [2.05, 4.69) is 37.0 Å². The fraction of sp³-hybridized carbons (Fsp3) is 0.720. The highest BCUT2D eigenvalue weighted by molar-refractivity contribution is 7.81. The molecule has 0 saturated heterocycles. The Morgan fingerprint density at radius 2 is 1.32 bits per heavy atom. The Hall–Kier alpha value is -0.960. The van der Waals surface area contributed by atoms with Crippen LogP contribution in [0.2, 0.25) is 0 Å². The van der Waals surface area contributed by atoms with Crippen molar-refractivity contribution in [3.8, 4) is 0 Å². The third-order valence-corrected chi connectivity index (χ3v) is 5.72. The van der Waals surface area contributed by atoms with Gasteiger partial charge in [0.2, 0.25) is 5.91 Å². The van der Waals surface area contributed by atoms with Gasteiger partial charge in [0.25, 0.3) is 0 Å². The van der Waals surface area contributed by atoms with E-state index in [-0.39, 0.29) is 11.2 Å². The predicted octanol–water partition coefficient (Wildman–Crippen LogP) is 7.13. The largest absolute Gasteiger partial charge is 0.355 e. The first-order valence-corrected chi connectivity index (χ1v) is 12.2. The lowest BCUT2D eigenvalue weighted by Gasteiger charge is -2.12. The number of carbonyl (C=O) groups is 1. The molecule has 1 aromatic carbocycles. The molecule has 1 amide bonds. The van der Waals surface area contributed by atoms with Gasteiger partial charge in [0, 0.05) is 18.2 Å². The number of rotatable bonds is 18. The van der Waals surface area contributed by atoms with E-state index < -0.39 is 0 Å². The third kappa shape index (κ3) is 15.0. The van der Waals surface area contributed by atoms with E-state index in [1.165, 1.54) is 82.6 Å². The summed E-state index contributed by atoms with van der Waals surface area (Å²) in [6.45, 7) is 2.92. The molecule has 0 bridgehead atoms. The van der Waals surface area contributed by atoms with Gasteiger partial charge in [-0.05, 0) is 18.4 Å². The van der Waals surface area contributed by atoms with Gasteiger partial charge < -0.3 is 5.32 Å². The predicted molar refractivity (Wildman–Crippen MR) is 126 cm³/mol. The molecule has 0 spiro atoms. The van der Waals surface area contributed by atoms with Crippen LogP contribution in [-0.4, -0.2) is 17.7 Å². The number of unbranched alkanes of at least 4 members (excludes halogenated alkanes) is 12. The lowest BCUT2D eigenvalue weighted by molar-refractivity contribution is -0.121. The van der Waals surface area contributed by atoms with E-state index in [4.69, 9.17) is 0 Å². The van der Waals surface area contributed by atoms with E-state index in [0.29, 0.717) is 13.0 Å². The van der Waals surface area contributed by atoms with Crippen molar-refractivity contribution in [2.75, 3.05) is 6.54 Å². The zero-order valence-corrected chi connectivity index (χ0v) is 19.0. The van der Waals surface area contributed by atoms with E-state index in [0.717, 1.165) is 12.8 Å². The van der Waals surface area contributed by atoms with Crippen molar-refractivity contribution in [3.63, 3.8) is 0 Å². The van der Waals surface area contributed by atoms with Crippen molar-refractivity contribution >= 4 is 18.5 Å². The minimum Gasteiger partial charge on any atom is -0.355 e. The first kappa shape index (κ1) is 25.1. The molecule has 1 N–H and O–H groups in total. The summed E-state index contributed by atoms with van der Waals surface area (Å²) in [6, 6.07) is 10.3. The number of hydrogen-bond acceptors (Lipinski definition) is 2. The number of nitrogens with one attached hydrogen (secondary N) is 1. The number of amides is 1. The quantitative estimate of drug-likeness (QED) is 0.197. The summed E-state index contributed by atoms with van der Waals surface area (Å²) < 4.78 is 0. The van der Waals surface area contributed by atoms with Crippen LogP contribution in [0.5, 0.6) is 0 Å². The molecule has 1 aromatic rings. The number of thiol groups is 1. The summed E-state index contributed by atoms with van der Waals surface area (Å²) >= 11 is 4.59. The van der Waals surface area contributed by atoms with E-state index in [1.54, 1.807) is 0 Å². The summed E-state index contributed by atoms with van der Waals surface area (Å²) in [6.07, 6.45) is 18.9. The first-order chi connectivity index (χ1) is 13.7. The van der Waals surface area contributed by atoms with Crippen molar-refractivity contribution in [2.45, 2.75) is 108 Å². The molecule has 0 fully saturated rings. The van der Waals surface area contributed by atoms with Gasteiger partial charge in [0.15, 0.2) is 0 Å². The molecular weight excluding hydrogens is 362 g/mol. The lowest BCUT2D eigenvalue weighted by atomic mass is 10.0. The van der Waals surface area contributed by atoms with Crippen molar-refractivity contribution in [1.82, 2.24) is 5.32 Å². The summed E-state index contributed by atoms with van der Waals surface area (Å²) in [5.74, 6) is 0.176. The van der Waals surface area contributed by atoms with Crippen LogP contribution in [0.1, 0.15) is 102 Å². The van der Waals surface area contributed by atoms with Crippen molar-refractivity contribution < 1.29 is 4.79 Å². The molecule has 0 saturated carbocycles. The SMILES string of the molecule is CCCCCCCCCCCCCCCC(=O)NCC(S)Cc1ccccc1. The van der Waals surface area contributed by atoms with Gasteiger partial charge in [0.05, 0.1) is 0 Å². The zero-order chi connectivity index (χ0) is 20.3. The van der Waals surface area contributed by atoms with E-state index in [1.807, 2.05) is 18.2 Å². The Morgan fingerprint density at radius 1 is 0.821 bits per heavy atom. The van der Waals surface area contributed by atoms with Crippen LogP contribution in [-0.2, 0) is 11.2 Å². The van der Waals surface area contributed by atoms with Crippen LogP contribution in [0, 0.1) is 0 Å². The molecule has 160 valence electrons. The zero-order valence-electron chi connectivity index (χ0n) is 18.1. The summed E-state index contributed by atoms with van der Waals surface area (Å²) in [5, 5.41) is 3.21. The minimum atomic E-state index is 0.176. The van der Waals surface area contributed by atoms with Gasteiger partial charge in [-0.15, -0.1) is 0 Å². The summed E-state index contributed by atoms with van der Waals surface area (Å²) in [7, 11) is 0. The molecule has 0 aliphatic carbocycles. The van der Waals surface area contributed by atoms with Crippen molar-refractivity contribution in [1.29, 1.82) is 0 Å². The summed E-state index contributed by atoms with van der Waals surface area (Å²) in [5.41, 5.74) is 1.27. The lowest BCUT2D eigenvalue weighted by Crippen LogP contribution is -2.30. The Labute approximate surface area is 179 Å². The second kappa shape index (κ2) is 18.1. The average Bonchev–Trinajstić information content (AvgIpc) is 2.70. The van der Waals surface area contributed by atoms with Gasteiger partial charge in [-0.2, -0.15) is 12.6 Å². The van der Waals surface area contributed by atoms with Crippen molar-refractivity contribution in [3.05, 3.63) is 35.9 Å². The highest BCUT2D eigenvalue weighted by Crippen LogP contribution is 2.13. The maximum Gasteiger partial charge on any atom is 0.220 e. The number of hydrogen-bond donors (Lipinski definition) is 2. The third-order valence-electron chi connectivity index (χ3n) is 5.36. The molecule has 0 aliphatic rings. The highest BCUT2D eigenvalue weighted by atomic mass is 32.1. The topological polar surface area (TPSA) is 29.1 Å². The molecule has 1 rings (SSSR count). The van der Waals surface area contributed by atoms with Gasteiger partial charge in [-0.3, -0.25) is 4.79 Å². The van der Waals surface area contributed by atoms with Crippen molar-refractivity contribution in [2.24, 2.45) is 0 Å². The molecule has 0 radical (unpaired) electrons. The highest BCUT2D eigenvalue weighted by Gasteiger charge is 2.07. The molecule has 28 heavy (non-hydrogen) atoms. The Kier molecular flexibility index (Phi) is 16.2.